The minimum atomic E-state index is -3.71. The van der Waals surface area contributed by atoms with Crippen molar-refractivity contribution in [2.24, 2.45) is 11.8 Å². The molecule has 0 bridgehead atoms. The molecule has 38 heavy (non-hydrogen) atoms. The molecule has 7 nitrogen and oxygen atoms in total. The Morgan fingerprint density at radius 1 is 1.08 bits per heavy atom. The third-order valence-electron chi connectivity index (χ3n) is 6.50. The molecule has 0 radical (unpaired) electrons. The van der Waals surface area contributed by atoms with E-state index in [0.717, 1.165) is 23.8 Å². The van der Waals surface area contributed by atoms with Crippen LogP contribution in [0.1, 0.15) is 36.3 Å². The lowest BCUT2D eigenvalue weighted by Gasteiger charge is -2.34. The number of aromatic nitrogens is 2. The summed E-state index contributed by atoms with van der Waals surface area (Å²) >= 11 is 0.986. The van der Waals surface area contributed by atoms with Gasteiger partial charge in [-0.1, -0.05) is 31.3 Å². The molecule has 2 unspecified atom stereocenters. The van der Waals surface area contributed by atoms with Gasteiger partial charge in [0.15, 0.2) is 10.9 Å². The van der Waals surface area contributed by atoms with Gasteiger partial charge in [0.05, 0.1) is 21.8 Å². The number of amides is 1. The van der Waals surface area contributed by atoms with E-state index in [9.17, 15) is 22.0 Å². The second-order valence-electron chi connectivity index (χ2n) is 9.74. The Hall–Kier alpha value is -3.28. The van der Waals surface area contributed by atoms with Crippen LogP contribution in [0, 0.1) is 23.5 Å². The summed E-state index contributed by atoms with van der Waals surface area (Å²) in [6.07, 6.45) is 2.57. The highest BCUT2D eigenvalue weighted by atomic mass is 32.2. The first-order valence-corrected chi connectivity index (χ1v) is 14.4. The first-order chi connectivity index (χ1) is 18.1. The van der Waals surface area contributed by atoms with Gasteiger partial charge in [0.1, 0.15) is 11.3 Å². The summed E-state index contributed by atoms with van der Waals surface area (Å²) < 4.78 is 56.4. The van der Waals surface area contributed by atoms with E-state index in [4.69, 9.17) is 0 Å². The topological polar surface area (TPSA) is 83.5 Å². The highest BCUT2D eigenvalue weighted by molar-refractivity contribution is 7.89. The van der Waals surface area contributed by atoms with Gasteiger partial charge in [-0.25, -0.2) is 22.2 Å². The van der Waals surface area contributed by atoms with Gasteiger partial charge in [-0.15, -0.1) is 0 Å². The van der Waals surface area contributed by atoms with E-state index in [1.807, 2.05) is 13.8 Å². The van der Waals surface area contributed by atoms with Crippen molar-refractivity contribution >= 4 is 42.6 Å². The number of piperidine rings is 1. The molecule has 4 aromatic rings. The molecule has 1 aliphatic heterocycles. The molecule has 0 aliphatic carbocycles. The number of carbonyl (C=O) groups excluding carboxylic acids is 1. The molecule has 198 valence electrons. The number of pyridine rings is 1. The van der Waals surface area contributed by atoms with Gasteiger partial charge in [0, 0.05) is 30.9 Å². The minimum absolute atomic E-state index is 0.0309. The van der Waals surface area contributed by atoms with Crippen molar-refractivity contribution in [2.45, 2.75) is 31.7 Å². The Balaban J connectivity index is 1.47. The highest BCUT2D eigenvalue weighted by Gasteiger charge is 2.32. The van der Waals surface area contributed by atoms with Crippen LogP contribution in [-0.2, 0) is 16.6 Å². The molecule has 3 heterocycles. The molecule has 2 atom stereocenters. The molecule has 2 aromatic heterocycles. The van der Waals surface area contributed by atoms with Gasteiger partial charge in [-0.2, -0.15) is 4.31 Å². The van der Waals surface area contributed by atoms with Crippen molar-refractivity contribution in [3.8, 4) is 0 Å². The molecule has 0 N–H and O–H groups in total. The summed E-state index contributed by atoms with van der Waals surface area (Å²) in [5.41, 5.74) is 0.766. The Kier molecular flexibility index (Phi) is 7.26. The number of benzene rings is 2. The average molecular weight is 557 g/mol. The normalized spacial score (nSPS) is 18.5. The van der Waals surface area contributed by atoms with E-state index >= 15 is 0 Å². The maximum absolute atomic E-state index is 14.4. The standard InChI is InChI=1S/C27H26F2N4O3S2/c1-17-11-18(2)15-32(14-17)38(35,36)22-8-6-19(7-9-22)26(34)33(16-21-5-3-4-10-30-21)27-31-25-23(29)12-20(28)13-24(25)37-27/h3-10,12-13,17-18H,11,14-16H2,1-2H3. The average Bonchev–Trinajstić information content (AvgIpc) is 3.31. The number of rotatable bonds is 6. The van der Waals surface area contributed by atoms with Crippen LogP contribution in [-0.4, -0.2) is 41.7 Å². The molecule has 1 aliphatic rings. The van der Waals surface area contributed by atoms with E-state index < -0.39 is 27.6 Å². The van der Waals surface area contributed by atoms with Gasteiger partial charge >= 0.3 is 0 Å². The van der Waals surface area contributed by atoms with E-state index in [1.165, 1.54) is 39.5 Å². The van der Waals surface area contributed by atoms with Crippen molar-refractivity contribution in [2.75, 3.05) is 18.0 Å². The van der Waals surface area contributed by atoms with Crippen LogP contribution in [0.5, 0.6) is 0 Å². The van der Waals surface area contributed by atoms with Crippen LogP contribution < -0.4 is 4.90 Å². The second-order valence-corrected chi connectivity index (χ2v) is 12.7. The third-order valence-corrected chi connectivity index (χ3v) is 9.37. The number of hydrogen-bond donors (Lipinski definition) is 0. The molecule has 0 spiro atoms. The van der Waals surface area contributed by atoms with Crippen molar-refractivity contribution in [1.29, 1.82) is 0 Å². The van der Waals surface area contributed by atoms with Crippen molar-refractivity contribution in [1.82, 2.24) is 14.3 Å². The lowest BCUT2D eigenvalue weighted by Crippen LogP contribution is -2.42. The van der Waals surface area contributed by atoms with E-state index in [-0.39, 0.29) is 44.2 Å². The zero-order valence-electron chi connectivity index (χ0n) is 20.8. The van der Waals surface area contributed by atoms with Crippen LogP contribution in [0.15, 0.2) is 65.7 Å². The molecule has 2 aromatic carbocycles. The first kappa shape index (κ1) is 26.3. The van der Waals surface area contributed by atoms with Gasteiger partial charge in [0.2, 0.25) is 10.0 Å². The molecule has 5 rings (SSSR count). The summed E-state index contributed by atoms with van der Waals surface area (Å²) in [5.74, 6) is -1.49. The lowest BCUT2D eigenvalue weighted by atomic mass is 9.94. The van der Waals surface area contributed by atoms with Crippen LogP contribution in [0.3, 0.4) is 0 Å². The van der Waals surface area contributed by atoms with Crippen LogP contribution in [0.2, 0.25) is 0 Å². The Bertz CT molecular complexity index is 1570. The number of sulfonamides is 1. The largest absolute Gasteiger partial charge is 0.278 e. The number of nitrogens with zero attached hydrogens (tertiary/aromatic N) is 4. The van der Waals surface area contributed by atoms with Crippen molar-refractivity contribution < 1.29 is 22.0 Å². The number of anilines is 1. The zero-order valence-corrected chi connectivity index (χ0v) is 22.5. The second kappa shape index (κ2) is 10.5. The Morgan fingerprint density at radius 2 is 1.79 bits per heavy atom. The summed E-state index contributed by atoms with van der Waals surface area (Å²) in [6, 6.07) is 13.0. The van der Waals surface area contributed by atoms with Crippen LogP contribution >= 0.6 is 11.3 Å². The zero-order chi connectivity index (χ0) is 27.0. The smallest absolute Gasteiger partial charge is 0.260 e. The summed E-state index contributed by atoms with van der Waals surface area (Å²) in [6.45, 7) is 5.03. The summed E-state index contributed by atoms with van der Waals surface area (Å²) in [5, 5.41) is 0.174. The lowest BCUT2D eigenvalue weighted by molar-refractivity contribution is 0.0984. The van der Waals surface area contributed by atoms with Gasteiger partial charge in [0.25, 0.3) is 5.91 Å². The van der Waals surface area contributed by atoms with Crippen LogP contribution in [0.25, 0.3) is 10.2 Å². The number of thiazole rings is 1. The highest BCUT2D eigenvalue weighted by Crippen LogP contribution is 2.33. The molecule has 1 amide bonds. The fourth-order valence-corrected chi connectivity index (χ4v) is 7.50. The van der Waals surface area contributed by atoms with Crippen molar-refractivity contribution in [3.05, 3.63) is 83.7 Å². The maximum Gasteiger partial charge on any atom is 0.260 e. The van der Waals surface area contributed by atoms with Gasteiger partial charge in [-0.3, -0.25) is 14.7 Å². The van der Waals surface area contributed by atoms with Gasteiger partial charge in [-0.05, 0) is 60.7 Å². The number of halogens is 2. The van der Waals surface area contributed by atoms with E-state index in [0.29, 0.717) is 18.8 Å². The van der Waals surface area contributed by atoms with E-state index in [2.05, 4.69) is 9.97 Å². The molecule has 0 saturated carbocycles. The molecule has 11 heteroatoms. The maximum atomic E-state index is 14.4. The van der Waals surface area contributed by atoms with Crippen molar-refractivity contribution in [3.63, 3.8) is 0 Å². The predicted molar refractivity (Wildman–Crippen MR) is 142 cm³/mol. The fraction of sp³-hybridized carbons (Fsp3) is 0.296. The number of carbonyl (C=O) groups is 1. The molecular formula is C27H26F2N4O3S2. The fourth-order valence-electron chi connectivity index (χ4n) is 4.82. The third kappa shape index (κ3) is 5.31. The molecule has 1 fully saturated rings. The monoisotopic (exact) mass is 556 g/mol. The predicted octanol–water partition coefficient (Wildman–Crippen LogP) is 5.48. The molecule has 1 saturated heterocycles. The Morgan fingerprint density at radius 3 is 2.45 bits per heavy atom. The Labute approximate surface area is 223 Å². The van der Waals surface area contributed by atoms with E-state index in [1.54, 1.807) is 24.4 Å². The molecular weight excluding hydrogens is 530 g/mol. The summed E-state index contributed by atoms with van der Waals surface area (Å²) in [7, 11) is -3.71. The number of hydrogen-bond acceptors (Lipinski definition) is 6. The summed E-state index contributed by atoms with van der Waals surface area (Å²) in [4.78, 5) is 23.7. The van der Waals surface area contributed by atoms with Crippen LogP contribution in [0.4, 0.5) is 13.9 Å². The first-order valence-electron chi connectivity index (χ1n) is 12.2. The SMILES string of the molecule is CC1CC(C)CN(S(=O)(=O)c2ccc(C(=O)N(Cc3ccccn3)c3nc4c(F)cc(F)cc4s3)cc2)C1. The number of fused-ring (bicyclic) bond motifs is 1. The quantitative estimate of drug-likeness (QED) is 0.314. The minimum Gasteiger partial charge on any atom is -0.278 e. The van der Waals surface area contributed by atoms with Gasteiger partial charge < -0.3 is 0 Å².